The van der Waals surface area contributed by atoms with Gasteiger partial charge in [0.05, 0.1) is 6.42 Å². The van der Waals surface area contributed by atoms with Gasteiger partial charge in [-0.3, -0.25) is 0 Å². The lowest BCUT2D eigenvalue weighted by molar-refractivity contribution is -0.197. The fourth-order valence-corrected chi connectivity index (χ4v) is 4.50. The van der Waals surface area contributed by atoms with Crippen molar-refractivity contribution in [3.63, 3.8) is 0 Å². The molecule has 17 heavy (non-hydrogen) atoms. The van der Waals surface area contributed by atoms with Crippen molar-refractivity contribution in [2.45, 2.75) is 64.7 Å². The Morgan fingerprint density at radius 2 is 1.47 bits per heavy atom. The summed E-state index contributed by atoms with van der Waals surface area (Å²) in [4.78, 5) is 0. The van der Waals surface area contributed by atoms with E-state index in [9.17, 15) is 13.2 Å². The minimum absolute atomic E-state index is 0.238. The molecule has 0 radical (unpaired) electrons. The quantitative estimate of drug-likeness (QED) is 0.484. The summed E-state index contributed by atoms with van der Waals surface area (Å²) in [7, 11) is -2.04. The van der Waals surface area contributed by atoms with Gasteiger partial charge >= 0.3 is 6.18 Å². The zero-order chi connectivity index (χ0) is 13.5. The topological polar surface area (TPSA) is 18.5 Å². The summed E-state index contributed by atoms with van der Waals surface area (Å²) < 4.78 is 47.9. The van der Waals surface area contributed by atoms with Gasteiger partial charge in [0, 0.05) is 6.61 Å². The molecule has 0 aromatic heterocycles. The lowest BCUT2D eigenvalue weighted by atomic mass is 10.4. The molecule has 0 rings (SSSR count). The highest BCUT2D eigenvalue weighted by molar-refractivity contribution is 6.73. The summed E-state index contributed by atoms with van der Waals surface area (Å²) in [5.41, 5.74) is 0. The molecule has 0 amide bonds. The smallest absolute Gasteiger partial charge is 0.392 e. The van der Waals surface area contributed by atoms with Gasteiger partial charge in [0.15, 0.2) is 14.6 Å². The third-order valence-corrected chi connectivity index (χ3v) is 7.69. The van der Waals surface area contributed by atoms with Crippen molar-refractivity contribution in [1.82, 2.24) is 0 Å². The third kappa shape index (κ3) is 6.43. The molecule has 6 heteroatoms. The first-order valence-electron chi connectivity index (χ1n) is 6.18. The summed E-state index contributed by atoms with van der Waals surface area (Å²) in [5, 5.41) is 0. The van der Waals surface area contributed by atoms with Crippen LogP contribution in [0.1, 0.15) is 34.1 Å². The number of ether oxygens (including phenoxy) is 1. The van der Waals surface area contributed by atoms with Gasteiger partial charge in [-0.15, -0.1) is 0 Å². The normalized spacial score (nSPS) is 15.0. The van der Waals surface area contributed by atoms with E-state index in [-0.39, 0.29) is 6.61 Å². The molecule has 0 aromatic rings. The minimum Gasteiger partial charge on any atom is -0.392 e. The Hall–Kier alpha value is -0.0731. The van der Waals surface area contributed by atoms with Gasteiger partial charge in [-0.2, -0.15) is 13.2 Å². The average molecular weight is 272 g/mol. The van der Waals surface area contributed by atoms with E-state index < -0.39 is 27.2 Å². The number of hydrogen-bond acceptors (Lipinski definition) is 2. The van der Waals surface area contributed by atoms with Crippen LogP contribution in [0.25, 0.3) is 0 Å². The highest BCUT2D eigenvalue weighted by atomic mass is 28.4. The van der Waals surface area contributed by atoms with Crippen molar-refractivity contribution in [1.29, 1.82) is 0 Å². The molecule has 0 aliphatic heterocycles. The summed E-state index contributed by atoms with van der Waals surface area (Å²) in [6, 6.07) is 2.46. The molecule has 0 saturated heterocycles. The maximum atomic E-state index is 12.4. The van der Waals surface area contributed by atoms with Crippen LogP contribution >= 0.6 is 0 Å². The van der Waals surface area contributed by atoms with Gasteiger partial charge in [-0.25, -0.2) is 0 Å². The molecule has 0 fully saturated rings. The maximum Gasteiger partial charge on any atom is 0.393 e. The molecule has 0 aromatic carbocycles. The predicted octanol–water partition coefficient (Wildman–Crippen LogP) is 4.32. The molecule has 0 heterocycles. The molecule has 1 unspecified atom stereocenters. The van der Waals surface area contributed by atoms with E-state index in [2.05, 4.69) is 0 Å². The molecule has 0 aliphatic carbocycles. The molecule has 0 saturated carbocycles. The van der Waals surface area contributed by atoms with Crippen LogP contribution in [0, 0.1) is 0 Å². The Morgan fingerprint density at radius 3 is 1.76 bits per heavy atom. The molecule has 0 bridgehead atoms. The van der Waals surface area contributed by atoms with E-state index in [1.807, 2.05) is 20.8 Å². The largest absolute Gasteiger partial charge is 0.393 e. The molecule has 104 valence electrons. The Labute approximate surface area is 103 Å². The van der Waals surface area contributed by atoms with Crippen LogP contribution in [0.5, 0.6) is 0 Å². The lowest BCUT2D eigenvalue weighted by Crippen LogP contribution is -2.42. The maximum absolute atomic E-state index is 12.4. The SMILES string of the molecule is CCOC(CC(F)(F)F)O[Si](CC)(CC)CC. The first-order valence-corrected chi connectivity index (χ1v) is 8.71. The van der Waals surface area contributed by atoms with E-state index in [0.29, 0.717) is 0 Å². The van der Waals surface area contributed by atoms with Crippen molar-refractivity contribution >= 4 is 8.32 Å². The molecular weight excluding hydrogens is 249 g/mol. The van der Waals surface area contributed by atoms with E-state index in [4.69, 9.17) is 9.16 Å². The highest BCUT2D eigenvalue weighted by Gasteiger charge is 2.38. The number of halogens is 3. The Kier molecular flexibility index (Phi) is 7.35. The van der Waals surface area contributed by atoms with Gasteiger partial charge in [-0.1, -0.05) is 20.8 Å². The van der Waals surface area contributed by atoms with Crippen molar-refractivity contribution in [2.75, 3.05) is 6.61 Å². The zero-order valence-corrected chi connectivity index (χ0v) is 12.1. The van der Waals surface area contributed by atoms with Crippen molar-refractivity contribution in [2.24, 2.45) is 0 Å². The Balaban J connectivity index is 4.60. The van der Waals surface area contributed by atoms with Crippen LogP contribution in [0.3, 0.4) is 0 Å². The summed E-state index contributed by atoms with van der Waals surface area (Å²) in [6.45, 7) is 7.86. The zero-order valence-electron chi connectivity index (χ0n) is 11.1. The van der Waals surface area contributed by atoms with Crippen LogP contribution in [0.15, 0.2) is 0 Å². The van der Waals surface area contributed by atoms with E-state index in [0.717, 1.165) is 18.1 Å². The second kappa shape index (κ2) is 7.38. The Bertz CT molecular complexity index is 197. The summed E-state index contributed by atoms with van der Waals surface area (Å²) in [6.07, 6.45) is -6.39. The number of hydrogen-bond donors (Lipinski definition) is 0. The molecule has 2 nitrogen and oxygen atoms in total. The summed E-state index contributed by atoms with van der Waals surface area (Å²) >= 11 is 0. The first-order chi connectivity index (χ1) is 7.82. The van der Waals surface area contributed by atoms with Crippen LogP contribution in [-0.2, 0) is 9.16 Å². The first kappa shape index (κ1) is 16.9. The fraction of sp³-hybridized carbons (Fsp3) is 1.00. The molecule has 0 N–H and O–H groups in total. The minimum atomic E-state index is -4.24. The molecule has 1 atom stereocenters. The van der Waals surface area contributed by atoms with Crippen molar-refractivity contribution in [3.05, 3.63) is 0 Å². The third-order valence-electron chi connectivity index (χ3n) is 3.07. The van der Waals surface area contributed by atoms with Crippen LogP contribution in [-0.4, -0.2) is 27.4 Å². The van der Waals surface area contributed by atoms with E-state index in [1.165, 1.54) is 0 Å². The van der Waals surface area contributed by atoms with Gasteiger partial charge in [0.25, 0.3) is 0 Å². The van der Waals surface area contributed by atoms with Gasteiger partial charge < -0.3 is 9.16 Å². The number of alkyl halides is 3. The lowest BCUT2D eigenvalue weighted by Gasteiger charge is -2.33. The van der Waals surface area contributed by atoms with Crippen molar-refractivity contribution in [3.8, 4) is 0 Å². The molecular formula is C11H23F3O2Si. The van der Waals surface area contributed by atoms with Crippen LogP contribution < -0.4 is 0 Å². The highest BCUT2D eigenvalue weighted by Crippen LogP contribution is 2.29. The van der Waals surface area contributed by atoms with Gasteiger partial charge in [0.2, 0.25) is 0 Å². The monoisotopic (exact) mass is 272 g/mol. The fourth-order valence-electron chi connectivity index (χ4n) is 1.79. The van der Waals surface area contributed by atoms with E-state index in [1.54, 1.807) is 6.92 Å². The molecule has 0 aliphatic rings. The predicted molar refractivity (Wildman–Crippen MR) is 64.4 cm³/mol. The van der Waals surface area contributed by atoms with Crippen LogP contribution in [0.2, 0.25) is 18.1 Å². The van der Waals surface area contributed by atoms with Crippen molar-refractivity contribution < 1.29 is 22.3 Å². The molecule has 0 spiro atoms. The van der Waals surface area contributed by atoms with E-state index >= 15 is 0 Å². The van der Waals surface area contributed by atoms with Crippen LogP contribution in [0.4, 0.5) is 13.2 Å². The van der Waals surface area contributed by atoms with Gasteiger partial charge in [0.1, 0.15) is 0 Å². The second-order valence-corrected chi connectivity index (χ2v) is 8.79. The number of rotatable bonds is 8. The standard InChI is InChI=1S/C11H23F3O2Si/c1-5-15-10(9-11(12,13)14)16-17(6-2,7-3)8-4/h10H,5-9H2,1-4H3. The summed E-state index contributed by atoms with van der Waals surface area (Å²) in [5.74, 6) is 0. The Morgan fingerprint density at radius 1 is 1.00 bits per heavy atom. The average Bonchev–Trinajstić information content (AvgIpc) is 2.24. The second-order valence-electron chi connectivity index (χ2n) is 4.07. The van der Waals surface area contributed by atoms with Gasteiger partial charge in [-0.05, 0) is 25.1 Å².